The highest BCUT2D eigenvalue weighted by Gasteiger charge is 2.42. The smallest absolute Gasteiger partial charge is 0.319 e. The van der Waals surface area contributed by atoms with E-state index in [9.17, 15) is 17.6 Å². The monoisotopic (exact) mass is 406 g/mol. The average Bonchev–Trinajstić information content (AvgIpc) is 2.54. The van der Waals surface area contributed by atoms with Crippen molar-refractivity contribution in [1.29, 1.82) is 0 Å². The van der Waals surface area contributed by atoms with Crippen LogP contribution in [0.1, 0.15) is 0 Å². The summed E-state index contributed by atoms with van der Waals surface area (Å²) in [6.07, 6.45) is -0.293. The first-order chi connectivity index (χ1) is 11.4. The molecule has 0 spiro atoms. The molecule has 0 bridgehead atoms. The van der Waals surface area contributed by atoms with E-state index in [1.54, 1.807) is 12.4 Å². The molecule has 0 aromatic carbocycles. The summed E-state index contributed by atoms with van der Waals surface area (Å²) < 4.78 is 51.8. The van der Waals surface area contributed by atoms with Crippen LogP contribution in [0.3, 0.4) is 0 Å². The number of hydrogen-bond donors (Lipinski definition) is 0. The van der Waals surface area contributed by atoms with Crippen molar-refractivity contribution in [3.8, 4) is 0 Å². The fourth-order valence-electron chi connectivity index (χ4n) is 2.76. The van der Waals surface area contributed by atoms with Gasteiger partial charge in [-0.25, -0.2) is 8.78 Å². The van der Waals surface area contributed by atoms with Crippen molar-refractivity contribution in [3.63, 3.8) is 0 Å². The number of halogens is 5. The molecule has 3 rings (SSSR count). The molecule has 1 aliphatic heterocycles. The molecule has 1 fully saturated rings. The summed E-state index contributed by atoms with van der Waals surface area (Å²) in [5, 5.41) is 0. The van der Waals surface area contributed by atoms with Gasteiger partial charge in [-0.3, -0.25) is 14.9 Å². The SMILES string of the molecule is FC(F)C(F)(F)CN1CCN(c2ccnc3cc(Br)cnc23)CC1. The molecular weight excluding hydrogens is 392 g/mol. The van der Waals surface area contributed by atoms with Crippen molar-refractivity contribution >= 4 is 32.7 Å². The average molecular weight is 407 g/mol. The second kappa shape index (κ2) is 6.79. The molecule has 1 saturated heterocycles. The molecule has 0 unspecified atom stereocenters. The van der Waals surface area contributed by atoms with Gasteiger partial charge in [-0.1, -0.05) is 0 Å². The van der Waals surface area contributed by atoms with Crippen LogP contribution in [0, 0.1) is 0 Å². The second-order valence-electron chi connectivity index (χ2n) is 5.68. The lowest BCUT2D eigenvalue weighted by molar-refractivity contribution is -0.142. The molecule has 2 aromatic heterocycles. The Morgan fingerprint density at radius 1 is 1.17 bits per heavy atom. The van der Waals surface area contributed by atoms with E-state index in [0.717, 1.165) is 21.2 Å². The molecule has 9 heteroatoms. The summed E-state index contributed by atoms with van der Waals surface area (Å²) in [5.41, 5.74) is 2.33. The number of pyridine rings is 2. The van der Waals surface area contributed by atoms with Crippen LogP contribution in [-0.2, 0) is 0 Å². The maximum absolute atomic E-state index is 13.2. The first-order valence-corrected chi connectivity index (χ1v) is 8.20. The van der Waals surface area contributed by atoms with Crippen molar-refractivity contribution in [1.82, 2.24) is 14.9 Å². The van der Waals surface area contributed by atoms with Crippen molar-refractivity contribution in [2.75, 3.05) is 37.6 Å². The van der Waals surface area contributed by atoms with E-state index < -0.39 is 18.9 Å². The molecule has 3 heterocycles. The van der Waals surface area contributed by atoms with Crippen LogP contribution in [0.15, 0.2) is 29.0 Å². The summed E-state index contributed by atoms with van der Waals surface area (Å²) in [4.78, 5) is 12.0. The maximum Gasteiger partial charge on any atom is 0.319 e. The van der Waals surface area contributed by atoms with Gasteiger partial charge in [0.25, 0.3) is 0 Å². The molecule has 1 aliphatic rings. The molecule has 0 amide bonds. The van der Waals surface area contributed by atoms with Crippen LogP contribution < -0.4 is 4.90 Å². The van der Waals surface area contributed by atoms with Gasteiger partial charge >= 0.3 is 12.3 Å². The molecule has 130 valence electrons. The second-order valence-corrected chi connectivity index (χ2v) is 6.59. The highest BCUT2D eigenvalue weighted by atomic mass is 79.9. The Bertz CT molecular complexity index is 720. The summed E-state index contributed by atoms with van der Waals surface area (Å²) in [6, 6.07) is 3.68. The fraction of sp³-hybridized carbons (Fsp3) is 0.467. The molecule has 0 N–H and O–H groups in total. The topological polar surface area (TPSA) is 32.3 Å². The number of fused-ring (bicyclic) bond motifs is 1. The summed E-state index contributed by atoms with van der Waals surface area (Å²) in [6.45, 7) is 0.610. The van der Waals surface area contributed by atoms with E-state index in [1.807, 2.05) is 17.0 Å². The van der Waals surface area contributed by atoms with E-state index in [4.69, 9.17) is 0 Å². The molecule has 2 aromatic rings. The van der Waals surface area contributed by atoms with Gasteiger partial charge in [0.1, 0.15) is 5.52 Å². The van der Waals surface area contributed by atoms with Gasteiger partial charge in [-0.15, -0.1) is 0 Å². The van der Waals surface area contributed by atoms with Gasteiger partial charge in [-0.05, 0) is 28.1 Å². The van der Waals surface area contributed by atoms with Crippen LogP contribution in [0.5, 0.6) is 0 Å². The van der Waals surface area contributed by atoms with Gasteiger partial charge in [0, 0.05) is 43.0 Å². The Morgan fingerprint density at radius 3 is 2.54 bits per heavy atom. The molecule has 0 aliphatic carbocycles. The van der Waals surface area contributed by atoms with Crippen LogP contribution in [0.2, 0.25) is 0 Å². The third kappa shape index (κ3) is 3.61. The Labute approximate surface area is 144 Å². The van der Waals surface area contributed by atoms with Gasteiger partial charge in [0.05, 0.1) is 17.7 Å². The van der Waals surface area contributed by atoms with E-state index in [0.29, 0.717) is 26.2 Å². The molecule has 4 nitrogen and oxygen atoms in total. The first-order valence-electron chi connectivity index (χ1n) is 7.40. The number of aromatic nitrogens is 2. The van der Waals surface area contributed by atoms with Crippen molar-refractivity contribution in [3.05, 3.63) is 29.0 Å². The van der Waals surface area contributed by atoms with Crippen molar-refractivity contribution in [2.24, 2.45) is 0 Å². The lowest BCUT2D eigenvalue weighted by Crippen LogP contribution is -2.51. The molecule has 0 radical (unpaired) electrons. The molecule has 24 heavy (non-hydrogen) atoms. The van der Waals surface area contributed by atoms with Crippen molar-refractivity contribution in [2.45, 2.75) is 12.3 Å². The summed E-state index contributed by atoms with van der Waals surface area (Å²) in [7, 11) is 0. The third-order valence-corrected chi connectivity index (χ3v) is 4.42. The van der Waals surface area contributed by atoms with Gasteiger partial charge in [0.2, 0.25) is 0 Å². The molecular formula is C15H15BrF4N4. The number of anilines is 1. The predicted octanol–water partition coefficient (Wildman–Crippen LogP) is 3.41. The third-order valence-electron chi connectivity index (χ3n) is 3.99. The zero-order valence-corrected chi connectivity index (χ0v) is 14.2. The number of alkyl halides is 4. The minimum absolute atomic E-state index is 0.294. The lowest BCUT2D eigenvalue weighted by atomic mass is 10.2. The Morgan fingerprint density at radius 2 is 1.88 bits per heavy atom. The minimum Gasteiger partial charge on any atom is -0.367 e. The molecule has 0 saturated carbocycles. The van der Waals surface area contributed by atoms with Crippen LogP contribution in [0.4, 0.5) is 23.2 Å². The highest BCUT2D eigenvalue weighted by Crippen LogP contribution is 2.28. The lowest BCUT2D eigenvalue weighted by Gasteiger charge is -2.37. The van der Waals surface area contributed by atoms with E-state index in [-0.39, 0.29) is 0 Å². The van der Waals surface area contributed by atoms with Crippen molar-refractivity contribution < 1.29 is 17.6 Å². The van der Waals surface area contributed by atoms with Crippen LogP contribution in [-0.4, -0.2) is 59.9 Å². The minimum atomic E-state index is -3.97. The normalized spacial score (nSPS) is 17.0. The Hall–Kier alpha value is -1.48. The number of piperazine rings is 1. The van der Waals surface area contributed by atoms with E-state index in [1.165, 1.54) is 4.90 Å². The standard InChI is InChI=1S/C15H15BrF4N4/c16-10-7-11-13(22-8-10)12(1-2-21-11)24-5-3-23(4-6-24)9-15(19,20)14(17)18/h1-2,7-8,14H,3-6,9H2. The van der Waals surface area contributed by atoms with Crippen LogP contribution in [0.25, 0.3) is 11.0 Å². The Balaban J connectivity index is 1.71. The zero-order chi connectivity index (χ0) is 17.3. The predicted molar refractivity (Wildman–Crippen MR) is 86.8 cm³/mol. The van der Waals surface area contributed by atoms with Gasteiger partial charge in [0.15, 0.2) is 0 Å². The number of hydrogen-bond acceptors (Lipinski definition) is 4. The number of rotatable bonds is 4. The Kier molecular flexibility index (Phi) is 4.91. The molecule has 0 atom stereocenters. The van der Waals surface area contributed by atoms with Crippen LogP contribution >= 0.6 is 15.9 Å². The fourth-order valence-corrected chi connectivity index (χ4v) is 3.08. The maximum atomic E-state index is 13.2. The zero-order valence-electron chi connectivity index (χ0n) is 12.6. The number of nitrogens with zero attached hydrogens (tertiary/aromatic N) is 4. The van der Waals surface area contributed by atoms with Gasteiger partial charge < -0.3 is 4.90 Å². The summed E-state index contributed by atoms with van der Waals surface area (Å²) >= 11 is 3.35. The van der Waals surface area contributed by atoms with Gasteiger partial charge in [-0.2, -0.15) is 8.78 Å². The first kappa shape index (κ1) is 17.3. The highest BCUT2D eigenvalue weighted by molar-refractivity contribution is 9.10. The van der Waals surface area contributed by atoms with E-state index in [2.05, 4.69) is 25.9 Å². The van der Waals surface area contributed by atoms with E-state index >= 15 is 0 Å². The quantitative estimate of drug-likeness (QED) is 0.728. The largest absolute Gasteiger partial charge is 0.367 e. The summed E-state index contributed by atoms with van der Waals surface area (Å²) in [5.74, 6) is -3.97.